The number of hydrogen-bond donors (Lipinski definition) is 2. The van der Waals surface area contributed by atoms with Crippen LogP contribution in [0.4, 0.5) is 0 Å². The van der Waals surface area contributed by atoms with Crippen LogP contribution in [0.15, 0.2) is 11.1 Å². The van der Waals surface area contributed by atoms with E-state index in [0.717, 1.165) is 6.42 Å². The maximum atomic E-state index is 10.8. The predicted octanol–water partition coefficient (Wildman–Crippen LogP) is 0.0736. The van der Waals surface area contributed by atoms with E-state index < -0.39 is 11.8 Å². The highest BCUT2D eigenvalue weighted by Crippen LogP contribution is 2.09. The van der Waals surface area contributed by atoms with Crippen molar-refractivity contribution in [3.8, 4) is 0 Å². The second-order valence-corrected chi connectivity index (χ2v) is 2.58. The number of carbonyl (C=O) groups excluding carboxylic acids is 2. The molecule has 0 saturated heterocycles. The van der Waals surface area contributed by atoms with Crippen LogP contribution in [0.2, 0.25) is 0 Å². The molecule has 4 heteroatoms. The summed E-state index contributed by atoms with van der Waals surface area (Å²) in [7, 11) is 0. The fraction of sp³-hybridized carbons (Fsp3) is 0.500. The lowest BCUT2D eigenvalue weighted by atomic mass is 10.0. The van der Waals surface area contributed by atoms with Gasteiger partial charge in [-0.1, -0.05) is 13.3 Å². The molecule has 0 aromatic carbocycles. The molecule has 12 heavy (non-hydrogen) atoms. The first-order valence-electron chi connectivity index (χ1n) is 3.80. The van der Waals surface area contributed by atoms with E-state index in [1.807, 2.05) is 6.92 Å². The largest absolute Gasteiger partial charge is 0.366 e. The molecule has 0 heterocycles. The Morgan fingerprint density at radius 2 is 1.67 bits per heavy atom. The van der Waals surface area contributed by atoms with Crippen molar-refractivity contribution < 1.29 is 9.59 Å². The lowest BCUT2D eigenvalue weighted by Crippen LogP contribution is -2.21. The van der Waals surface area contributed by atoms with Crippen LogP contribution in [-0.2, 0) is 9.59 Å². The molecule has 68 valence electrons. The molecule has 0 aliphatic rings. The summed E-state index contributed by atoms with van der Waals surface area (Å²) in [5, 5.41) is 0. The van der Waals surface area contributed by atoms with Gasteiger partial charge in [-0.05, 0) is 13.3 Å². The summed E-state index contributed by atoms with van der Waals surface area (Å²) in [6.45, 7) is 3.41. The third kappa shape index (κ3) is 2.74. The predicted molar refractivity (Wildman–Crippen MR) is 46.0 cm³/mol. The minimum atomic E-state index is -0.586. The molecule has 0 spiro atoms. The van der Waals surface area contributed by atoms with Crippen LogP contribution in [0, 0.1) is 0 Å². The average Bonchev–Trinajstić information content (AvgIpc) is 1.98. The van der Waals surface area contributed by atoms with Gasteiger partial charge in [-0.25, -0.2) is 0 Å². The van der Waals surface area contributed by atoms with Crippen LogP contribution in [0.1, 0.15) is 26.7 Å². The Morgan fingerprint density at radius 3 is 1.92 bits per heavy atom. The van der Waals surface area contributed by atoms with Crippen molar-refractivity contribution in [2.45, 2.75) is 26.7 Å². The van der Waals surface area contributed by atoms with Crippen molar-refractivity contribution in [1.82, 2.24) is 0 Å². The molecule has 0 fully saturated rings. The van der Waals surface area contributed by atoms with Crippen LogP contribution in [-0.4, -0.2) is 11.8 Å². The molecule has 0 bridgehead atoms. The molecule has 0 aromatic heterocycles. The van der Waals surface area contributed by atoms with Gasteiger partial charge in [0.2, 0.25) is 11.8 Å². The van der Waals surface area contributed by atoms with E-state index in [9.17, 15) is 9.59 Å². The molecule has 0 atom stereocenters. The highest BCUT2D eigenvalue weighted by molar-refractivity contribution is 6.03. The summed E-state index contributed by atoms with van der Waals surface area (Å²) in [4.78, 5) is 21.5. The smallest absolute Gasteiger partial charge is 0.245 e. The van der Waals surface area contributed by atoms with Gasteiger partial charge in [0.25, 0.3) is 0 Å². The first kappa shape index (κ1) is 10.7. The molecule has 0 unspecified atom stereocenters. The normalized spacial score (nSPS) is 12.2. The van der Waals surface area contributed by atoms with Crippen molar-refractivity contribution in [3.05, 3.63) is 11.1 Å². The molecule has 0 rings (SSSR count). The average molecular weight is 170 g/mol. The van der Waals surface area contributed by atoms with Gasteiger partial charge in [-0.3, -0.25) is 9.59 Å². The summed E-state index contributed by atoms with van der Waals surface area (Å²) < 4.78 is 0. The highest BCUT2D eigenvalue weighted by atomic mass is 16.2. The standard InChI is InChI=1S/C8H14N2O2/c1-3-4-6(8(10)12)5(2)7(9)11/h3-4H2,1-2H3,(H2,9,11)(H2,10,12). The molecule has 0 aliphatic heterocycles. The minimum absolute atomic E-state index is 0.268. The van der Waals surface area contributed by atoms with Crippen LogP contribution in [0.5, 0.6) is 0 Å². The fourth-order valence-corrected chi connectivity index (χ4v) is 0.894. The molecular formula is C8H14N2O2. The molecule has 4 N–H and O–H groups in total. The first-order valence-corrected chi connectivity index (χ1v) is 3.80. The fourth-order valence-electron chi connectivity index (χ4n) is 0.894. The van der Waals surface area contributed by atoms with Crippen molar-refractivity contribution in [2.75, 3.05) is 0 Å². The van der Waals surface area contributed by atoms with Gasteiger partial charge < -0.3 is 11.5 Å². The zero-order chi connectivity index (χ0) is 9.72. The zero-order valence-electron chi connectivity index (χ0n) is 7.39. The number of amides is 2. The quantitative estimate of drug-likeness (QED) is 0.585. The Hall–Kier alpha value is -1.32. The van der Waals surface area contributed by atoms with E-state index in [4.69, 9.17) is 11.5 Å². The van der Waals surface area contributed by atoms with E-state index in [2.05, 4.69) is 0 Å². The molecule has 0 saturated carbocycles. The van der Waals surface area contributed by atoms with Crippen molar-refractivity contribution in [3.63, 3.8) is 0 Å². The number of hydrogen-bond acceptors (Lipinski definition) is 2. The topological polar surface area (TPSA) is 86.2 Å². The van der Waals surface area contributed by atoms with Gasteiger partial charge >= 0.3 is 0 Å². The highest BCUT2D eigenvalue weighted by Gasteiger charge is 2.11. The number of primary amides is 2. The van der Waals surface area contributed by atoms with E-state index in [0.29, 0.717) is 12.0 Å². The van der Waals surface area contributed by atoms with Crippen LogP contribution in [0.25, 0.3) is 0 Å². The second kappa shape index (κ2) is 4.54. The molecular weight excluding hydrogens is 156 g/mol. The summed E-state index contributed by atoms with van der Waals surface area (Å²) >= 11 is 0. The molecule has 4 nitrogen and oxygen atoms in total. The van der Waals surface area contributed by atoms with Gasteiger partial charge in [-0.2, -0.15) is 0 Å². The first-order chi connectivity index (χ1) is 5.50. The van der Waals surface area contributed by atoms with Gasteiger partial charge in [0, 0.05) is 11.1 Å². The lowest BCUT2D eigenvalue weighted by Gasteiger charge is -2.03. The van der Waals surface area contributed by atoms with E-state index >= 15 is 0 Å². The van der Waals surface area contributed by atoms with Crippen LogP contribution < -0.4 is 11.5 Å². The Morgan fingerprint density at radius 1 is 1.17 bits per heavy atom. The van der Waals surface area contributed by atoms with E-state index in [1.54, 1.807) is 0 Å². The third-order valence-corrected chi connectivity index (χ3v) is 1.62. The summed E-state index contributed by atoms with van der Waals surface area (Å²) in [5.74, 6) is -1.15. The second-order valence-electron chi connectivity index (χ2n) is 2.58. The van der Waals surface area contributed by atoms with E-state index in [1.165, 1.54) is 6.92 Å². The van der Waals surface area contributed by atoms with Gasteiger partial charge in [0.15, 0.2) is 0 Å². The van der Waals surface area contributed by atoms with Crippen LogP contribution in [0.3, 0.4) is 0 Å². The Kier molecular flexibility index (Phi) is 4.04. The Labute approximate surface area is 71.6 Å². The summed E-state index contributed by atoms with van der Waals surface area (Å²) in [6, 6.07) is 0. The van der Waals surface area contributed by atoms with Crippen molar-refractivity contribution in [2.24, 2.45) is 11.5 Å². The lowest BCUT2D eigenvalue weighted by molar-refractivity contribution is -0.117. The van der Waals surface area contributed by atoms with Crippen LogP contribution >= 0.6 is 0 Å². The number of carbonyl (C=O) groups is 2. The summed E-state index contributed by atoms with van der Waals surface area (Å²) in [6.07, 6.45) is 1.27. The molecule has 2 amide bonds. The van der Waals surface area contributed by atoms with Gasteiger partial charge in [0.1, 0.15) is 0 Å². The SMILES string of the molecule is CCCC(C(N)=O)=C(C)C(N)=O. The Balaban J connectivity index is 4.80. The minimum Gasteiger partial charge on any atom is -0.366 e. The van der Waals surface area contributed by atoms with Crippen molar-refractivity contribution >= 4 is 11.8 Å². The number of rotatable bonds is 4. The monoisotopic (exact) mass is 170 g/mol. The molecule has 0 aromatic rings. The zero-order valence-corrected chi connectivity index (χ0v) is 7.39. The number of nitrogens with two attached hydrogens (primary N) is 2. The summed E-state index contributed by atoms with van der Waals surface area (Å²) in [5.41, 5.74) is 10.7. The Bertz CT molecular complexity index is 231. The van der Waals surface area contributed by atoms with Gasteiger partial charge in [-0.15, -0.1) is 0 Å². The molecule has 0 radical (unpaired) electrons. The maximum Gasteiger partial charge on any atom is 0.245 e. The van der Waals surface area contributed by atoms with Gasteiger partial charge in [0.05, 0.1) is 0 Å². The van der Waals surface area contributed by atoms with Crippen molar-refractivity contribution in [1.29, 1.82) is 0 Å². The third-order valence-electron chi connectivity index (χ3n) is 1.62. The van der Waals surface area contributed by atoms with E-state index in [-0.39, 0.29) is 5.57 Å². The molecule has 0 aliphatic carbocycles. The maximum absolute atomic E-state index is 10.8.